The molecule has 2 aromatic rings. The van der Waals surface area contributed by atoms with Crippen molar-refractivity contribution in [2.24, 2.45) is 0 Å². The van der Waals surface area contributed by atoms with Gasteiger partial charge in [0.2, 0.25) is 5.95 Å². The number of nitrogen functional groups attached to an aromatic ring is 2. The maximum atomic E-state index is 11.8. The molecule has 2 rings (SSSR count). The molecule has 4 N–H and O–H groups in total. The highest BCUT2D eigenvalue weighted by atomic mass is 16.5. The van der Waals surface area contributed by atoms with E-state index in [0.717, 1.165) is 0 Å². The zero-order chi connectivity index (χ0) is 13.1. The van der Waals surface area contributed by atoms with E-state index in [9.17, 15) is 4.79 Å². The molecular weight excluding hydrogens is 232 g/mol. The van der Waals surface area contributed by atoms with Crippen LogP contribution in [0.15, 0.2) is 30.3 Å². The van der Waals surface area contributed by atoms with E-state index in [1.54, 1.807) is 31.2 Å². The largest absolute Gasteiger partial charge is 0.417 e. The van der Waals surface area contributed by atoms with E-state index in [1.165, 1.54) is 0 Å². The average Bonchev–Trinajstić information content (AvgIpc) is 2.34. The molecule has 6 heteroatoms. The summed E-state index contributed by atoms with van der Waals surface area (Å²) in [5, 5.41) is 0. The van der Waals surface area contributed by atoms with Crippen LogP contribution in [-0.2, 0) is 0 Å². The zero-order valence-electron chi connectivity index (χ0n) is 9.75. The Labute approximate surface area is 104 Å². The fourth-order valence-electron chi connectivity index (χ4n) is 1.46. The average molecular weight is 244 g/mol. The van der Waals surface area contributed by atoms with Gasteiger partial charge in [0.25, 0.3) is 0 Å². The van der Waals surface area contributed by atoms with Crippen molar-refractivity contribution < 1.29 is 9.53 Å². The number of aromatic nitrogens is 2. The topological polar surface area (TPSA) is 104 Å². The predicted molar refractivity (Wildman–Crippen MR) is 67.0 cm³/mol. The Balaban J connectivity index is 2.28. The van der Waals surface area contributed by atoms with Gasteiger partial charge in [-0.1, -0.05) is 18.2 Å². The van der Waals surface area contributed by atoms with Crippen LogP contribution < -0.4 is 16.2 Å². The Morgan fingerprint density at radius 3 is 2.44 bits per heavy atom. The van der Waals surface area contributed by atoms with Crippen molar-refractivity contribution in [1.29, 1.82) is 0 Å². The van der Waals surface area contributed by atoms with Crippen molar-refractivity contribution >= 4 is 17.7 Å². The Morgan fingerprint density at radius 1 is 1.17 bits per heavy atom. The molecule has 0 unspecified atom stereocenters. The monoisotopic (exact) mass is 244 g/mol. The van der Waals surface area contributed by atoms with Gasteiger partial charge in [-0.05, 0) is 19.1 Å². The number of nitrogens with zero attached hydrogens (tertiary/aromatic N) is 2. The van der Waals surface area contributed by atoms with Gasteiger partial charge in [0.1, 0.15) is 0 Å². The summed E-state index contributed by atoms with van der Waals surface area (Å²) < 4.78 is 5.17. The molecule has 18 heavy (non-hydrogen) atoms. The molecule has 0 bridgehead atoms. The summed E-state index contributed by atoms with van der Waals surface area (Å²) in [5.74, 6) is -0.286. The summed E-state index contributed by atoms with van der Waals surface area (Å²) in [4.78, 5) is 19.5. The highest BCUT2D eigenvalue weighted by molar-refractivity contribution is 5.91. The Bertz CT molecular complexity index is 561. The Morgan fingerprint density at radius 2 is 1.83 bits per heavy atom. The lowest BCUT2D eigenvalue weighted by molar-refractivity contribution is 0.0733. The molecule has 0 saturated carbocycles. The third-order valence-electron chi connectivity index (χ3n) is 2.28. The number of hydrogen-bond acceptors (Lipinski definition) is 6. The van der Waals surface area contributed by atoms with Crippen LogP contribution in [-0.4, -0.2) is 15.9 Å². The Hall–Kier alpha value is -2.63. The molecular formula is C12H12N4O2. The third-order valence-corrected chi connectivity index (χ3v) is 2.28. The quantitative estimate of drug-likeness (QED) is 0.768. The first-order valence-corrected chi connectivity index (χ1v) is 5.24. The van der Waals surface area contributed by atoms with E-state index < -0.39 is 5.97 Å². The van der Waals surface area contributed by atoms with Crippen LogP contribution in [0.4, 0.5) is 11.8 Å². The summed E-state index contributed by atoms with van der Waals surface area (Å²) >= 11 is 0. The first-order chi connectivity index (χ1) is 8.58. The molecule has 0 aliphatic carbocycles. The smallest absolute Gasteiger partial charge is 0.343 e. The van der Waals surface area contributed by atoms with Crippen LogP contribution in [0.1, 0.15) is 16.1 Å². The number of hydrogen-bond donors (Lipinski definition) is 2. The molecule has 6 nitrogen and oxygen atoms in total. The second kappa shape index (κ2) is 4.70. The molecule has 0 amide bonds. The van der Waals surface area contributed by atoms with Crippen LogP contribution in [0, 0.1) is 6.92 Å². The van der Waals surface area contributed by atoms with Crippen molar-refractivity contribution in [1.82, 2.24) is 9.97 Å². The van der Waals surface area contributed by atoms with E-state index >= 15 is 0 Å². The molecule has 1 aromatic heterocycles. The van der Waals surface area contributed by atoms with Crippen LogP contribution in [0.2, 0.25) is 0 Å². The lowest BCUT2D eigenvalue weighted by atomic mass is 10.2. The maximum Gasteiger partial charge on any atom is 0.343 e. The van der Waals surface area contributed by atoms with Crippen molar-refractivity contribution in [2.75, 3.05) is 11.5 Å². The summed E-state index contributed by atoms with van der Waals surface area (Å²) in [6, 6.07) is 8.58. The number of aryl methyl sites for hydroxylation is 1. The number of esters is 1. The SMILES string of the molecule is Cc1nc(N)nc(N)c1OC(=O)c1ccccc1. The Kier molecular flexibility index (Phi) is 3.09. The van der Waals surface area contributed by atoms with E-state index in [-0.39, 0.29) is 17.5 Å². The van der Waals surface area contributed by atoms with E-state index in [0.29, 0.717) is 11.3 Å². The molecule has 0 aliphatic rings. The van der Waals surface area contributed by atoms with E-state index in [4.69, 9.17) is 16.2 Å². The minimum atomic E-state index is -0.515. The minimum Gasteiger partial charge on any atom is -0.417 e. The summed E-state index contributed by atoms with van der Waals surface area (Å²) in [7, 11) is 0. The number of benzene rings is 1. The number of nitrogens with two attached hydrogens (primary N) is 2. The first kappa shape index (κ1) is 11.8. The van der Waals surface area contributed by atoms with Crippen LogP contribution >= 0.6 is 0 Å². The van der Waals surface area contributed by atoms with Gasteiger partial charge in [-0.2, -0.15) is 4.98 Å². The van der Waals surface area contributed by atoms with Crippen molar-refractivity contribution in [2.45, 2.75) is 6.92 Å². The van der Waals surface area contributed by atoms with Crippen LogP contribution in [0.3, 0.4) is 0 Å². The normalized spacial score (nSPS) is 10.1. The summed E-state index contributed by atoms with van der Waals surface area (Å²) in [5.41, 5.74) is 11.9. The number of carbonyl (C=O) groups excluding carboxylic acids is 1. The summed E-state index contributed by atoms with van der Waals surface area (Å²) in [6.07, 6.45) is 0. The number of rotatable bonds is 2. The van der Waals surface area contributed by atoms with E-state index in [1.807, 2.05) is 6.07 Å². The van der Waals surface area contributed by atoms with Crippen LogP contribution in [0.5, 0.6) is 5.75 Å². The molecule has 92 valence electrons. The fourth-order valence-corrected chi connectivity index (χ4v) is 1.46. The third kappa shape index (κ3) is 2.37. The second-order valence-corrected chi connectivity index (χ2v) is 3.64. The van der Waals surface area contributed by atoms with Gasteiger partial charge in [-0.25, -0.2) is 9.78 Å². The van der Waals surface area contributed by atoms with Crippen molar-refractivity contribution in [3.05, 3.63) is 41.6 Å². The molecule has 0 radical (unpaired) electrons. The maximum absolute atomic E-state index is 11.8. The molecule has 0 saturated heterocycles. The molecule has 0 spiro atoms. The van der Waals surface area contributed by atoms with Gasteiger partial charge in [-0.3, -0.25) is 0 Å². The van der Waals surface area contributed by atoms with Gasteiger partial charge < -0.3 is 16.2 Å². The van der Waals surface area contributed by atoms with Crippen molar-refractivity contribution in [3.63, 3.8) is 0 Å². The highest BCUT2D eigenvalue weighted by Gasteiger charge is 2.15. The second-order valence-electron chi connectivity index (χ2n) is 3.64. The number of ether oxygens (including phenoxy) is 1. The lowest BCUT2D eigenvalue weighted by Gasteiger charge is -2.09. The van der Waals surface area contributed by atoms with Gasteiger partial charge in [0.05, 0.1) is 11.3 Å². The molecule has 0 fully saturated rings. The van der Waals surface area contributed by atoms with Crippen molar-refractivity contribution in [3.8, 4) is 5.75 Å². The van der Waals surface area contributed by atoms with Gasteiger partial charge in [-0.15, -0.1) is 0 Å². The van der Waals surface area contributed by atoms with Gasteiger partial charge >= 0.3 is 5.97 Å². The first-order valence-electron chi connectivity index (χ1n) is 5.24. The molecule has 0 atom stereocenters. The lowest BCUT2D eigenvalue weighted by Crippen LogP contribution is -2.13. The van der Waals surface area contributed by atoms with Gasteiger partial charge in [0.15, 0.2) is 11.6 Å². The number of anilines is 2. The highest BCUT2D eigenvalue weighted by Crippen LogP contribution is 2.24. The fraction of sp³-hybridized carbons (Fsp3) is 0.0833. The summed E-state index contributed by atoms with van der Waals surface area (Å²) in [6.45, 7) is 1.64. The molecule has 1 heterocycles. The zero-order valence-corrected chi connectivity index (χ0v) is 9.75. The number of carbonyl (C=O) groups is 1. The van der Waals surface area contributed by atoms with Crippen LogP contribution in [0.25, 0.3) is 0 Å². The molecule has 1 aromatic carbocycles. The van der Waals surface area contributed by atoms with E-state index in [2.05, 4.69) is 9.97 Å². The molecule has 0 aliphatic heterocycles. The standard InChI is InChI=1S/C12H12N4O2/c1-7-9(10(13)16-12(14)15-7)18-11(17)8-5-3-2-4-6-8/h2-6H,1H3,(H4,13,14,15,16). The van der Waals surface area contributed by atoms with Gasteiger partial charge in [0, 0.05) is 0 Å². The predicted octanol–water partition coefficient (Wildman–Crippen LogP) is 1.17. The minimum absolute atomic E-state index is 0.0456.